The van der Waals surface area contributed by atoms with Crippen molar-refractivity contribution < 1.29 is 13.0 Å². The Hall–Kier alpha value is -1.61. The van der Waals surface area contributed by atoms with E-state index in [1.54, 1.807) is 18.2 Å². The maximum atomic E-state index is 11.2. The number of nitrogens with zero attached hydrogens (tertiary/aromatic N) is 1. The summed E-state index contributed by atoms with van der Waals surface area (Å²) in [5.74, 6) is 0. The van der Waals surface area contributed by atoms with Gasteiger partial charge in [0.2, 0.25) is 4.75 Å². The van der Waals surface area contributed by atoms with E-state index in [4.69, 9.17) is 9.81 Å². The lowest BCUT2D eigenvalue weighted by Gasteiger charge is -2.21. The summed E-state index contributed by atoms with van der Waals surface area (Å²) in [4.78, 5) is 0. The van der Waals surface area contributed by atoms with E-state index in [1.165, 1.54) is 6.08 Å². The number of hydrogen-bond donors (Lipinski definition) is 1. The summed E-state index contributed by atoms with van der Waals surface area (Å²) >= 11 is 0. The van der Waals surface area contributed by atoms with Gasteiger partial charge in [-0.3, -0.25) is 4.55 Å². The van der Waals surface area contributed by atoms with Crippen LogP contribution >= 0.6 is 12.4 Å². The molecule has 0 saturated heterocycles. The summed E-state index contributed by atoms with van der Waals surface area (Å²) in [7, 11) is -4.44. The van der Waals surface area contributed by atoms with Crippen molar-refractivity contribution in [3.8, 4) is 6.07 Å². The maximum absolute atomic E-state index is 11.2. The Kier molecular flexibility index (Phi) is 4.53. The number of benzene rings is 1. The van der Waals surface area contributed by atoms with Crippen molar-refractivity contribution in [1.82, 2.24) is 0 Å². The molecule has 1 unspecified atom stereocenters. The van der Waals surface area contributed by atoms with E-state index in [0.717, 1.165) is 11.1 Å². The summed E-state index contributed by atoms with van der Waals surface area (Å²) < 4.78 is 29.7. The normalized spacial score (nSPS) is 22.0. The van der Waals surface area contributed by atoms with Crippen molar-refractivity contribution >= 4 is 28.1 Å². The van der Waals surface area contributed by atoms with E-state index in [9.17, 15) is 8.42 Å². The van der Waals surface area contributed by atoms with Crippen molar-refractivity contribution in [2.24, 2.45) is 0 Å². The van der Waals surface area contributed by atoms with Crippen LogP contribution in [0.25, 0.3) is 5.57 Å². The fraction of sp³-hybridized carbons (Fsp3) is 0.154. The summed E-state index contributed by atoms with van der Waals surface area (Å²) in [6.45, 7) is 0. The lowest BCUT2D eigenvalue weighted by Crippen LogP contribution is -2.35. The first-order chi connectivity index (χ1) is 8.48. The Morgan fingerprint density at radius 3 is 2.32 bits per heavy atom. The van der Waals surface area contributed by atoms with Gasteiger partial charge in [0.25, 0.3) is 10.1 Å². The second-order valence-corrected chi connectivity index (χ2v) is 5.72. The summed E-state index contributed by atoms with van der Waals surface area (Å²) in [5.41, 5.74) is 1.78. The van der Waals surface area contributed by atoms with E-state index in [-0.39, 0.29) is 18.8 Å². The lowest BCUT2D eigenvalue weighted by atomic mass is 9.93. The number of hydrogen-bond acceptors (Lipinski definition) is 3. The van der Waals surface area contributed by atoms with Crippen molar-refractivity contribution in [1.29, 1.82) is 5.26 Å². The van der Waals surface area contributed by atoms with E-state index in [1.807, 2.05) is 30.3 Å². The van der Waals surface area contributed by atoms with Gasteiger partial charge < -0.3 is 0 Å². The molecule has 0 heterocycles. The average Bonchev–Trinajstić information content (AvgIpc) is 2.38. The molecule has 1 aliphatic rings. The first-order valence-corrected chi connectivity index (χ1v) is 6.76. The van der Waals surface area contributed by atoms with Crippen LogP contribution < -0.4 is 0 Å². The van der Waals surface area contributed by atoms with Gasteiger partial charge in [-0.1, -0.05) is 42.5 Å². The molecule has 1 atom stereocenters. The second kappa shape index (κ2) is 5.57. The third-order valence-electron chi connectivity index (χ3n) is 2.91. The molecule has 1 aliphatic carbocycles. The molecule has 100 valence electrons. The van der Waals surface area contributed by atoms with Crippen LogP contribution in [0.2, 0.25) is 0 Å². The Morgan fingerprint density at radius 2 is 1.89 bits per heavy atom. The van der Waals surface area contributed by atoms with Gasteiger partial charge in [0.15, 0.2) is 0 Å². The minimum Gasteiger partial charge on any atom is -0.284 e. The van der Waals surface area contributed by atoms with Gasteiger partial charge in [0.1, 0.15) is 0 Å². The molecule has 0 fully saturated rings. The predicted octanol–water partition coefficient (Wildman–Crippen LogP) is 2.60. The fourth-order valence-corrected chi connectivity index (χ4v) is 2.45. The highest BCUT2D eigenvalue weighted by Crippen LogP contribution is 2.31. The fourth-order valence-electron chi connectivity index (χ4n) is 1.80. The highest BCUT2D eigenvalue weighted by Gasteiger charge is 2.41. The molecule has 0 bridgehead atoms. The Bertz CT molecular complexity index is 659. The molecule has 2 rings (SSSR count). The number of nitriles is 1. The topological polar surface area (TPSA) is 78.2 Å². The molecule has 0 aromatic heterocycles. The Labute approximate surface area is 118 Å². The van der Waals surface area contributed by atoms with Crippen molar-refractivity contribution in [2.45, 2.75) is 11.2 Å². The van der Waals surface area contributed by atoms with E-state index < -0.39 is 14.9 Å². The van der Waals surface area contributed by atoms with Crippen LogP contribution in [0.4, 0.5) is 0 Å². The summed E-state index contributed by atoms with van der Waals surface area (Å²) in [6.07, 6.45) is 4.38. The second-order valence-electron chi connectivity index (χ2n) is 4.04. The van der Waals surface area contributed by atoms with Gasteiger partial charge in [-0.2, -0.15) is 13.7 Å². The molecule has 0 aliphatic heterocycles. The van der Waals surface area contributed by atoms with Crippen LogP contribution in [-0.2, 0) is 10.1 Å². The standard InChI is InChI=1S/C13H11NO3S.ClH/c14-10-13(18(15,16)17)8-6-12(7-9-13)11-4-2-1-3-5-11;/h1-8H,9H2,(H,15,16,17);1H. The molecule has 0 amide bonds. The highest BCUT2D eigenvalue weighted by molar-refractivity contribution is 7.87. The predicted molar refractivity (Wildman–Crippen MR) is 75.3 cm³/mol. The van der Waals surface area contributed by atoms with Crippen LogP contribution in [0.3, 0.4) is 0 Å². The number of allylic oxidation sites excluding steroid dienone is 3. The third kappa shape index (κ3) is 2.87. The third-order valence-corrected chi connectivity index (χ3v) is 4.23. The number of halogens is 1. The Morgan fingerprint density at radius 1 is 1.26 bits per heavy atom. The summed E-state index contributed by atoms with van der Waals surface area (Å²) in [6, 6.07) is 11.1. The average molecular weight is 298 g/mol. The largest absolute Gasteiger partial charge is 0.288 e. The first kappa shape index (κ1) is 15.4. The zero-order valence-corrected chi connectivity index (χ0v) is 11.5. The first-order valence-electron chi connectivity index (χ1n) is 5.32. The van der Waals surface area contributed by atoms with Crippen molar-refractivity contribution in [3.05, 3.63) is 54.1 Å². The SMILES string of the molecule is Cl.N#CC1(S(=O)(=O)O)C=CC(c2ccccc2)=CC1. The molecular formula is C13H12ClNO3S. The minimum atomic E-state index is -4.44. The smallest absolute Gasteiger partial charge is 0.284 e. The zero-order chi connectivity index (χ0) is 13.2. The summed E-state index contributed by atoms with van der Waals surface area (Å²) in [5, 5.41) is 8.96. The lowest BCUT2D eigenvalue weighted by molar-refractivity contribution is 0.463. The molecule has 0 saturated carbocycles. The van der Waals surface area contributed by atoms with Gasteiger partial charge in [-0.05, 0) is 17.2 Å². The van der Waals surface area contributed by atoms with Gasteiger partial charge in [0, 0.05) is 6.42 Å². The molecular weight excluding hydrogens is 286 g/mol. The highest BCUT2D eigenvalue weighted by atomic mass is 35.5. The number of rotatable bonds is 2. The molecule has 19 heavy (non-hydrogen) atoms. The van der Waals surface area contributed by atoms with Crippen LogP contribution in [0.1, 0.15) is 12.0 Å². The van der Waals surface area contributed by atoms with Crippen molar-refractivity contribution in [2.75, 3.05) is 0 Å². The van der Waals surface area contributed by atoms with Crippen LogP contribution in [0.5, 0.6) is 0 Å². The molecule has 1 N–H and O–H groups in total. The quantitative estimate of drug-likeness (QED) is 0.851. The molecule has 4 nitrogen and oxygen atoms in total. The van der Waals surface area contributed by atoms with Gasteiger partial charge in [0.05, 0.1) is 6.07 Å². The Balaban J connectivity index is 0.00000180. The van der Waals surface area contributed by atoms with Gasteiger partial charge in [-0.15, -0.1) is 12.4 Å². The zero-order valence-electron chi connectivity index (χ0n) is 9.85. The molecule has 0 spiro atoms. The van der Waals surface area contributed by atoms with E-state index >= 15 is 0 Å². The molecule has 0 radical (unpaired) electrons. The van der Waals surface area contributed by atoms with Gasteiger partial charge in [-0.25, -0.2) is 0 Å². The van der Waals surface area contributed by atoms with Gasteiger partial charge >= 0.3 is 0 Å². The van der Waals surface area contributed by atoms with Crippen molar-refractivity contribution in [3.63, 3.8) is 0 Å². The molecule has 1 aromatic carbocycles. The maximum Gasteiger partial charge on any atom is 0.288 e. The molecule has 1 aromatic rings. The van der Waals surface area contributed by atoms with E-state index in [0.29, 0.717) is 0 Å². The van der Waals surface area contributed by atoms with E-state index in [2.05, 4.69) is 0 Å². The monoisotopic (exact) mass is 297 g/mol. The molecule has 6 heteroatoms. The minimum absolute atomic E-state index is 0. The van der Waals surface area contributed by atoms with Crippen LogP contribution in [-0.4, -0.2) is 17.7 Å². The van der Waals surface area contributed by atoms with Crippen LogP contribution in [0.15, 0.2) is 48.6 Å². The van der Waals surface area contributed by atoms with Crippen LogP contribution in [0, 0.1) is 11.3 Å².